The highest BCUT2D eigenvalue weighted by molar-refractivity contribution is 4.95. The Hall–Kier alpha value is -0.0800. The molecule has 0 aromatic rings. The van der Waals surface area contributed by atoms with Gasteiger partial charge in [0, 0.05) is 12.1 Å². The van der Waals surface area contributed by atoms with Crippen molar-refractivity contribution < 1.29 is 4.74 Å². The van der Waals surface area contributed by atoms with Gasteiger partial charge in [-0.05, 0) is 31.6 Å². The smallest absolute Gasteiger partial charge is 0.0727 e. The predicted molar refractivity (Wildman–Crippen MR) is 55.6 cm³/mol. The van der Waals surface area contributed by atoms with Crippen molar-refractivity contribution in [2.24, 2.45) is 11.1 Å². The summed E-state index contributed by atoms with van der Waals surface area (Å²) in [7, 11) is 0. The Kier molecular flexibility index (Phi) is 3.03. The first-order valence-corrected chi connectivity index (χ1v) is 5.24. The third kappa shape index (κ3) is 2.96. The maximum Gasteiger partial charge on any atom is 0.0727 e. The van der Waals surface area contributed by atoms with E-state index in [4.69, 9.17) is 10.5 Å². The van der Waals surface area contributed by atoms with Crippen LogP contribution in [0.1, 0.15) is 47.0 Å². The van der Waals surface area contributed by atoms with Crippen molar-refractivity contribution in [3.8, 4) is 0 Å². The predicted octanol–water partition coefficient (Wildman–Crippen LogP) is 2.32. The Balaban J connectivity index is 2.43. The number of rotatable bonds is 2. The molecular formula is C11H23NO. The van der Waals surface area contributed by atoms with Gasteiger partial charge in [-0.25, -0.2) is 0 Å². The molecule has 2 nitrogen and oxygen atoms in total. The monoisotopic (exact) mass is 185 g/mol. The lowest BCUT2D eigenvalue weighted by molar-refractivity contribution is 0.0889. The average molecular weight is 185 g/mol. The fourth-order valence-electron chi connectivity index (χ4n) is 1.73. The summed E-state index contributed by atoms with van der Waals surface area (Å²) in [4.78, 5) is 0. The molecule has 13 heavy (non-hydrogen) atoms. The van der Waals surface area contributed by atoms with Crippen LogP contribution in [0.4, 0.5) is 0 Å². The molecule has 0 aromatic heterocycles. The SMILES string of the molecule is CC1OCCC1(N)CCC(C)(C)C. The molecule has 1 heterocycles. The second-order valence-electron chi connectivity index (χ2n) is 5.56. The number of nitrogens with two attached hydrogens (primary N) is 1. The molecule has 2 unspecified atom stereocenters. The van der Waals surface area contributed by atoms with E-state index in [1.807, 2.05) is 0 Å². The van der Waals surface area contributed by atoms with Crippen molar-refractivity contribution in [2.75, 3.05) is 6.61 Å². The lowest BCUT2D eigenvalue weighted by atomic mass is 9.81. The molecule has 2 N–H and O–H groups in total. The summed E-state index contributed by atoms with van der Waals surface area (Å²) < 4.78 is 5.51. The third-order valence-electron chi connectivity index (χ3n) is 3.09. The summed E-state index contributed by atoms with van der Waals surface area (Å²) in [5.41, 5.74) is 6.61. The Morgan fingerprint density at radius 3 is 2.46 bits per heavy atom. The van der Waals surface area contributed by atoms with E-state index in [2.05, 4.69) is 27.7 Å². The first kappa shape index (κ1) is 11.0. The molecule has 0 aromatic carbocycles. The van der Waals surface area contributed by atoms with Crippen molar-refractivity contribution in [1.29, 1.82) is 0 Å². The number of hydrogen-bond acceptors (Lipinski definition) is 2. The van der Waals surface area contributed by atoms with Gasteiger partial charge in [0.2, 0.25) is 0 Å². The zero-order chi connectivity index (χ0) is 10.1. The van der Waals surface area contributed by atoms with Crippen molar-refractivity contribution in [3.63, 3.8) is 0 Å². The molecule has 1 rings (SSSR count). The van der Waals surface area contributed by atoms with Gasteiger partial charge < -0.3 is 10.5 Å². The van der Waals surface area contributed by atoms with Crippen LogP contribution in [-0.4, -0.2) is 18.2 Å². The molecule has 0 saturated carbocycles. The standard InChI is InChI=1S/C11H23NO/c1-9-11(12,7-8-13-9)6-5-10(2,3)4/h9H,5-8,12H2,1-4H3. The van der Waals surface area contributed by atoms with Crippen molar-refractivity contribution in [3.05, 3.63) is 0 Å². The van der Waals surface area contributed by atoms with Crippen LogP contribution in [0.3, 0.4) is 0 Å². The molecule has 1 aliphatic rings. The molecule has 1 fully saturated rings. The van der Waals surface area contributed by atoms with Gasteiger partial charge in [-0.2, -0.15) is 0 Å². The Bertz CT molecular complexity index is 173. The second kappa shape index (κ2) is 3.58. The van der Waals surface area contributed by atoms with Gasteiger partial charge in [0.15, 0.2) is 0 Å². The number of ether oxygens (including phenoxy) is 1. The van der Waals surface area contributed by atoms with Crippen LogP contribution in [0, 0.1) is 5.41 Å². The van der Waals surface area contributed by atoms with Crippen LogP contribution in [0.15, 0.2) is 0 Å². The highest BCUT2D eigenvalue weighted by Gasteiger charge is 2.37. The van der Waals surface area contributed by atoms with Gasteiger partial charge in [0.1, 0.15) is 0 Å². The molecule has 2 heteroatoms. The van der Waals surface area contributed by atoms with E-state index in [0.717, 1.165) is 19.4 Å². The highest BCUT2D eigenvalue weighted by Crippen LogP contribution is 2.32. The van der Waals surface area contributed by atoms with E-state index in [1.165, 1.54) is 6.42 Å². The van der Waals surface area contributed by atoms with E-state index >= 15 is 0 Å². The molecule has 1 aliphatic heterocycles. The van der Waals surface area contributed by atoms with E-state index in [0.29, 0.717) is 5.41 Å². The van der Waals surface area contributed by atoms with Crippen LogP contribution in [0.2, 0.25) is 0 Å². The van der Waals surface area contributed by atoms with Crippen LogP contribution in [0.25, 0.3) is 0 Å². The molecule has 0 aliphatic carbocycles. The third-order valence-corrected chi connectivity index (χ3v) is 3.09. The zero-order valence-electron chi connectivity index (χ0n) is 9.39. The average Bonchev–Trinajstić information content (AvgIpc) is 2.29. The fraction of sp³-hybridized carbons (Fsp3) is 1.00. The Labute approximate surface area is 81.8 Å². The van der Waals surface area contributed by atoms with Crippen LogP contribution >= 0.6 is 0 Å². The molecular weight excluding hydrogens is 162 g/mol. The molecule has 0 bridgehead atoms. The molecule has 0 amide bonds. The molecule has 0 spiro atoms. The summed E-state index contributed by atoms with van der Waals surface area (Å²) in [5, 5.41) is 0. The van der Waals surface area contributed by atoms with E-state index in [1.54, 1.807) is 0 Å². The fourth-order valence-corrected chi connectivity index (χ4v) is 1.73. The van der Waals surface area contributed by atoms with Crippen molar-refractivity contribution in [1.82, 2.24) is 0 Å². The molecule has 1 saturated heterocycles. The zero-order valence-corrected chi connectivity index (χ0v) is 9.39. The normalized spacial score (nSPS) is 35.3. The minimum Gasteiger partial charge on any atom is -0.377 e. The highest BCUT2D eigenvalue weighted by atomic mass is 16.5. The van der Waals surface area contributed by atoms with Crippen LogP contribution in [0.5, 0.6) is 0 Å². The number of hydrogen-bond donors (Lipinski definition) is 1. The largest absolute Gasteiger partial charge is 0.377 e. The van der Waals surface area contributed by atoms with Crippen molar-refractivity contribution >= 4 is 0 Å². The minimum atomic E-state index is -0.0622. The second-order valence-corrected chi connectivity index (χ2v) is 5.56. The topological polar surface area (TPSA) is 35.2 Å². The van der Waals surface area contributed by atoms with Crippen LogP contribution in [-0.2, 0) is 4.74 Å². The van der Waals surface area contributed by atoms with Crippen molar-refractivity contribution in [2.45, 2.75) is 58.6 Å². The first-order valence-electron chi connectivity index (χ1n) is 5.24. The van der Waals surface area contributed by atoms with Gasteiger partial charge in [-0.3, -0.25) is 0 Å². The van der Waals surface area contributed by atoms with Gasteiger partial charge in [0.05, 0.1) is 6.10 Å². The maximum absolute atomic E-state index is 6.28. The lowest BCUT2D eigenvalue weighted by Gasteiger charge is -2.30. The molecule has 0 radical (unpaired) electrons. The van der Waals surface area contributed by atoms with E-state index in [-0.39, 0.29) is 11.6 Å². The molecule has 2 atom stereocenters. The maximum atomic E-state index is 6.28. The summed E-state index contributed by atoms with van der Waals surface area (Å²) in [6.45, 7) is 9.71. The minimum absolute atomic E-state index is 0.0622. The quantitative estimate of drug-likeness (QED) is 0.716. The first-order chi connectivity index (χ1) is 5.83. The Morgan fingerprint density at radius 2 is 2.08 bits per heavy atom. The van der Waals surface area contributed by atoms with Crippen LogP contribution < -0.4 is 5.73 Å². The Morgan fingerprint density at radius 1 is 1.46 bits per heavy atom. The van der Waals surface area contributed by atoms with Gasteiger partial charge >= 0.3 is 0 Å². The molecule has 78 valence electrons. The summed E-state index contributed by atoms with van der Waals surface area (Å²) in [5.74, 6) is 0. The summed E-state index contributed by atoms with van der Waals surface area (Å²) in [6.07, 6.45) is 3.51. The summed E-state index contributed by atoms with van der Waals surface area (Å²) >= 11 is 0. The van der Waals surface area contributed by atoms with Gasteiger partial charge in [0.25, 0.3) is 0 Å². The summed E-state index contributed by atoms with van der Waals surface area (Å²) in [6, 6.07) is 0. The van der Waals surface area contributed by atoms with Gasteiger partial charge in [-0.15, -0.1) is 0 Å². The lowest BCUT2D eigenvalue weighted by Crippen LogP contribution is -2.46. The van der Waals surface area contributed by atoms with E-state index in [9.17, 15) is 0 Å². The van der Waals surface area contributed by atoms with Gasteiger partial charge in [-0.1, -0.05) is 20.8 Å². The van der Waals surface area contributed by atoms with E-state index < -0.39 is 0 Å².